The Morgan fingerprint density at radius 1 is 1.26 bits per heavy atom. The molecule has 0 bridgehead atoms. The van der Waals surface area contributed by atoms with Crippen LogP contribution in [0.5, 0.6) is 0 Å². The van der Waals surface area contributed by atoms with E-state index in [1.165, 1.54) is 0 Å². The van der Waals surface area contributed by atoms with Crippen LogP contribution in [0.4, 0.5) is 5.13 Å². The van der Waals surface area contributed by atoms with Gasteiger partial charge >= 0.3 is 0 Å². The lowest BCUT2D eigenvalue weighted by atomic mass is 10.1. The van der Waals surface area contributed by atoms with E-state index in [2.05, 4.69) is 29.8 Å². The topological polar surface area (TPSA) is 143 Å². The van der Waals surface area contributed by atoms with Crippen molar-refractivity contribution in [3.05, 3.63) is 70.9 Å². The Labute approximate surface area is 183 Å². The minimum Gasteiger partial charge on any atom is -0.387 e. The minimum atomic E-state index is -2.97. The van der Waals surface area contributed by atoms with E-state index in [4.69, 9.17) is 4.84 Å². The second kappa shape index (κ2) is 8.89. The fraction of sp³-hybridized carbons (Fsp3) is 0.158. The Bertz CT molecular complexity index is 1150. The molecule has 0 saturated carbocycles. The first kappa shape index (κ1) is 21.1. The Morgan fingerprint density at radius 2 is 1.97 bits per heavy atom. The van der Waals surface area contributed by atoms with Gasteiger partial charge in [0.2, 0.25) is 5.13 Å². The van der Waals surface area contributed by atoms with Gasteiger partial charge in [0, 0.05) is 40.8 Å². The van der Waals surface area contributed by atoms with Crippen molar-refractivity contribution >= 4 is 38.9 Å². The molecule has 0 saturated heterocycles. The Hall–Kier alpha value is -3.19. The number of carbonyl (C=O) groups is 1. The summed E-state index contributed by atoms with van der Waals surface area (Å²) in [5, 5.41) is 6.95. The van der Waals surface area contributed by atoms with Crippen LogP contribution in [0, 0.1) is 6.92 Å². The Balaban J connectivity index is 1.57. The number of rotatable bonds is 8. The van der Waals surface area contributed by atoms with Gasteiger partial charge in [0.05, 0.1) is 4.90 Å². The second-order valence-electron chi connectivity index (χ2n) is 6.43. The number of nitrogens with zero attached hydrogens (tertiary/aromatic N) is 5. The molecular weight excluding hydrogens is 440 g/mol. The van der Waals surface area contributed by atoms with Crippen molar-refractivity contribution in [1.29, 1.82) is 0 Å². The quantitative estimate of drug-likeness (QED) is 0.343. The van der Waals surface area contributed by atoms with Crippen LogP contribution < -0.4 is 5.32 Å². The Morgan fingerprint density at radius 3 is 2.58 bits per heavy atom. The summed E-state index contributed by atoms with van der Waals surface area (Å²) in [4.78, 5) is 31.4. The molecule has 31 heavy (non-hydrogen) atoms. The molecule has 3 aromatic rings. The van der Waals surface area contributed by atoms with Gasteiger partial charge in [0.15, 0.2) is 18.1 Å². The number of amides is 1. The number of nitrogens with one attached hydrogen (secondary N) is 1. The first-order valence-electron chi connectivity index (χ1n) is 9.09. The normalized spacial score (nSPS) is 14.0. The molecule has 0 fully saturated rings. The number of aryl methyl sites for hydroxylation is 1. The molecule has 160 valence electrons. The van der Waals surface area contributed by atoms with Crippen LogP contribution in [-0.4, -0.2) is 40.0 Å². The van der Waals surface area contributed by atoms with Crippen molar-refractivity contribution < 1.29 is 18.7 Å². The maximum atomic E-state index is 12.8. The summed E-state index contributed by atoms with van der Waals surface area (Å²) in [5.41, 5.74) is 0.411. The Kier molecular flexibility index (Phi) is 6.04. The molecule has 2 aromatic heterocycles. The summed E-state index contributed by atoms with van der Waals surface area (Å²) in [6, 6.07) is 7.96. The summed E-state index contributed by atoms with van der Waals surface area (Å²) in [5.74, 6) is 0.405. The molecule has 0 atom stereocenters. The van der Waals surface area contributed by atoms with Gasteiger partial charge in [-0.25, -0.2) is 15.0 Å². The van der Waals surface area contributed by atoms with E-state index in [-0.39, 0.29) is 12.3 Å². The molecule has 4 rings (SSSR count). The number of carbonyl (C=O) groups excluding carboxylic acids is 1. The molecule has 1 aliphatic carbocycles. The first-order valence-corrected chi connectivity index (χ1v) is 11.4. The standard InChI is InChI=1S/C19H18N6O4S2/c1-12-22-19(30-25-12)23-18(26)17(24-29-11-16-20-9-2-10-21-16)13-3-5-14(6-4-13)31(27,28)15-7-8-15/h2-7,9-10,27-28H,8,11H2,1H3,(H,22,23,25,26). The van der Waals surface area contributed by atoms with Crippen LogP contribution in [0.2, 0.25) is 0 Å². The number of aromatic nitrogens is 4. The van der Waals surface area contributed by atoms with Gasteiger partial charge < -0.3 is 4.84 Å². The second-order valence-corrected chi connectivity index (χ2v) is 9.27. The third-order valence-electron chi connectivity index (χ3n) is 4.12. The molecule has 0 radical (unpaired) electrons. The van der Waals surface area contributed by atoms with Gasteiger partial charge in [0.25, 0.3) is 5.91 Å². The number of oxime groups is 1. The fourth-order valence-electron chi connectivity index (χ4n) is 2.52. The van der Waals surface area contributed by atoms with Crippen molar-refractivity contribution in [2.24, 2.45) is 5.16 Å². The predicted molar refractivity (Wildman–Crippen MR) is 117 cm³/mol. The monoisotopic (exact) mass is 458 g/mol. The zero-order chi connectivity index (χ0) is 21.8. The molecule has 1 aromatic carbocycles. The van der Waals surface area contributed by atoms with E-state index in [1.807, 2.05) is 0 Å². The van der Waals surface area contributed by atoms with Crippen LogP contribution in [0.25, 0.3) is 0 Å². The lowest BCUT2D eigenvalue weighted by Gasteiger charge is -2.30. The van der Waals surface area contributed by atoms with Crippen molar-refractivity contribution in [2.45, 2.75) is 24.8 Å². The highest BCUT2D eigenvalue weighted by atomic mass is 32.3. The molecule has 12 heteroatoms. The van der Waals surface area contributed by atoms with Gasteiger partial charge in [-0.15, -0.1) is 10.6 Å². The average Bonchev–Trinajstić information content (AvgIpc) is 3.56. The predicted octanol–water partition coefficient (Wildman–Crippen LogP) is 3.59. The van der Waals surface area contributed by atoms with E-state index in [1.54, 1.807) is 55.7 Å². The van der Waals surface area contributed by atoms with Crippen molar-refractivity contribution in [1.82, 2.24) is 19.3 Å². The lowest BCUT2D eigenvalue weighted by Crippen LogP contribution is -2.24. The number of allylic oxidation sites excluding steroid dienone is 2. The summed E-state index contributed by atoms with van der Waals surface area (Å²) in [6.45, 7) is 1.69. The molecule has 0 spiro atoms. The minimum absolute atomic E-state index is 0.0162. The molecule has 10 nitrogen and oxygen atoms in total. The van der Waals surface area contributed by atoms with Crippen LogP contribution >= 0.6 is 22.1 Å². The fourth-order valence-corrected chi connectivity index (χ4v) is 4.45. The van der Waals surface area contributed by atoms with Crippen molar-refractivity contribution in [2.75, 3.05) is 5.32 Å². The van der Waals surface area contributed by atoms with E-state index < -0.39 is 16.5 Å². The maximum absolute atomic E-state index is 12.8. The molecule has 2 heterocycles. The molecule has 1 amide bonds. The largest absolute Gasteiger partial charge is 0.387 e. The highest BCUT2D eigenvalue weighted by molar-refractivity contribution is 8.27. The van der Waals surface area contributed by atoms with E-state index >= 15 is 0 Å². The number of hydrogen-bond donors (Lipinski definition) is 3. The van der Waals surface area contributed by atoms with E-state index in [0.29, 0.717) is 38.6 Å². The summed E-state index contributed by atoms with van der Waals surface area (Å²) in [7, 11) is -2.97. The highest BCUT2D eigenvalue weighted by Gasteiger charge is 2.27. The van der Waals surface area contributed by atoms with Gasteiger partial charge in [-0.05, 0) is 25.1 Å². The van der Waals surface area contributed by atoms with Crippen LogP contribution in [0.15, 0.2) is 63.8 Å². The summed E-state index contributed by atoms with van der Waals surface area (Å²) in [6.07, 6.45) is 5.52. The van der Waals surface area contributed by atoms with Crippen LogP contribution in [0.1, 0.15) is 23.6 Å². The highest BCUT2D eigenvalue weighted by Crippen LogP contribution is 2.61. The van der Waals surface area contributed by atoms with Gasteiger partial charge in [-0.3, -0.25) is 19.2 Å². The molecule has 3 N–H and O–H groups in total. The number of anilines is 1. The number of benzene rings is 1. The zero-order valence-corrected chi connectivity index (χ0v) is 17.9. The molecule has 0 aliphatic heterocycles. The van der Waals surface area contributed by atoms with Gasteiger partial charge in [-0.1, -0.05) is 23.4 Å². The van der Waals surface area contributed by atoms with E-state index in [0.717, 1.165) is 11.5 Å². The third kappa shape index (κ3) is 5.11. The molecule has 1 aliphatic rings. The lowest BCUT2D eigenvalue weighted by molar-refractivity contribution is -0.110. The first-order chi connectivity index (χ1) is 14.9. The van der Waals surface area contributed by atoms with Crippen LogP contribution in [0.3, 0.4) is 0 Å². The van der Waals surface area contributed by atoms with Gasteiger partial charge in [0.1, 0.15) is 5.82 Å². The van der Waals surface area contributed by atoms with Gasteiger partial charge in [-0.2, -0.15) is 4.37 Å². The summed E-state index contributed by atoms with van der Waals surface area (Å²) < 4.78 is 24.7. The number of hydrogen-bond acceptors (Lipinski definition) is 10. The third-order valence-corrected chi connectivity index (χ3v) is 6.84. The zero-order valence-electron chi connectivity index (χ0n) is 16.3. The molecular formula is C19H18N6O4S2. The maximum Gasteiger partial charge on any atom is 0.280 e. The SMILES string of the molecule is Cc1nsc(NC(=O)C(=NOCc2ncccn2)c2ccc(S(O)(O)C3=CC3)cc2)n1. The smallest absolute Gasteiger partial charge is 0.280 e. The van der Waals surface area contributed by atoms with E-state index in [9.17, 15) is 13.9 Å². The molecule has 0 unspecified atom stereocenters. The van der Waals surface area contributed by atoms with Crippen LogP contribution in [-0.2, 0) is 16.2 Å². The van der Waals surface area contributed by atoms with Crippen molar-refractivity contribution in [3.8, 4) is 0 Å². The van der Waals surface area contributed by atoms with Crippen molar-refractivity contribution in [3.63, 3.8) is 0 Å². The average molecular weight is 459 g/mol. The summed E-state index contributed by atoms with van der Waals surface area (Å²) >= 11 is 1.05.